The van der Waals surface area contributed by atoms with Gasteiger partial charge in [-0.25, -0.2) is 4.98 Å². The Morgan fingerprint density at radius 1 is 0.857 bits per heavy atom. The van der Waals surface area contributed by atoms with Gasteiger partial charge in [0.2, 0.25) is 0 Å². The Kier molecular flexibility index (Phi) is 3.92. The second-order valence-electron chi connectivity index (χ2n) is 5.01. The molecule has 2 aromatic carbocycles. The predicted octanol–water partition coefficient (Wildman–Crippen LogP) is 3.51. The lowest BCUT2D eigenvalue weighted by Crippen LogP contribution is -1.97. The molecule has 0 saturated heterocycles. The fourth-order valence-corrected chi connectivity index (χ4v) is 2.28. The van der Waals surface area contributed by atoms with E-state index in [1.54, 1.807) is 6.20 Å². The Balaban J connectivity index is 1.77. The van der Waals surface area contributed by atoms with Crippen molar-refractivity contribution in [3.8, 4) is 11.3 Å². The van der Waals surface area contributed by atoms with E-state index in [0.29, 0.717) is 0 Å². The molecule has 2 N–H and O–H groups in total. The molecule has 3 nitrogen and oxygen atoms in total. The number of aryl methyl sites for hydroxylation is 2. The molecule has 0 spiro atoms. The van der Waals surface area contributed by atoms with Gasteiger partial charge in [-0.15, -0.1) is 0 Å². The topological polar surface area (TPSA) is 51.8 Å². The predicted molar refractivity (Wildman–Crippen MR) is 85.7 cm³/mol. The number of rotatable bonds is 4. The van der Waals surface area contributed by atoms with E-state index in [-0.39, 0.29) is 0 Å². The van der Waals surface area contributed by atoms with Gasteiger partial charge in [-0.2, -0.15) is 0 Å². The first-order valence-corrected chi connectivity index (χ1v) is 7.02. The molecular formula is C18H17N3. The summed E-state index contributed by atoms with van der Waals surface area (Å²) in [5.41, 5.74) is 10.7. The van der Waals surface area contributed by atoms with Crippen LogP contribution in [0.5, 0.6) is 0 Å². The van der Waals surface area contributed by atoms with Gasteiger partial charge in [0, 0.05) is 17.4 Å². The Morgan fingerprint density at radius 3 is 2.52 bits per heavy atom. The maximum atomic E-state index is 5.82. The van der Waals surface area contributed by atoms with E-state index in [2.05, 4.69) is 34.2 Å². The summed E-state index contributed by atoms with van der Waals surface area (Å²) in [6, 6.07) is 18.1. The second kappa shape index (κ2) is 6.18. The average molecular weight is 275 g/mol. The summed E-state index contributed by atoms with van der Waals surface area (Å²) in [5.74, 6) is 0. The van der Waals surface area contributed by atoms with E-state index in [0.717, 1.165) is 35.5 Å². The van der Waals surface area contributed by atoms with Gasteiger partial charge in [-0.1, -0.05) is 42.5 Å². The highest BCUT2D eigenvalue weighted by Crippen LogP contribution is 2.19. The van der Waals surface area contributed by atoms with Crippen LogP contribution in [0.15, 0.2) is 67.0 Å². The van der Waals surface area contributed by atoms with Gasteiger partial charge in [0.05, 0.1) is 17.6 Å². The summed E-state index contributed by atoms with van der Waals surface area (Å²) in [7, 11) is 0. The molecule has 0 aliphatic carbocycles. The lowest BCUT2D eigenvalue weighted by molar-refractivity contribution is 0.901. The first-order chi connectivity index (χ1) is 10.3. The molecule has 104 valence electrons. The van der Waals surface area contributed by atoms with Crippen molar-refractivity contribution >= 4 is 5.69 Å². The van der Waals surface area contributed by atoms with Crippen molar-refractivity contribution in [3.63, 3.8) is 0 Å². The monoisotopic (exact) mass is 275 g/mol. The van der Waals surface area contributed by atoms with E-state index in [1.807, 2.05) is 36.5 Å². The normalized spacial score (nSPS) is 10.5. The molecular weight excluding hydrogens is 258 g/mol. The minimum absolute atomic E-state index is 0.740. The maximum absolute atomic E-state index is 5.82. The lowest BCUT2D eigenvalue weighted by atomic mass is 10.1. The Morgan fingerprint density at radius 2 is 1.71 bits per heavy atom. The first kappa shape index (κ1) is 13.3. The number of benzene rings is 2. The number of aromatic nitrogens is 2. The van der Waals surface area contributed by atoms with Gasteiger partial charge in [0.25, 0.3) is 0 Å². The quantitative estimate of drug-likeness (QED) is 0.741. The van der Waals surface area contributed by atoms with Gasteiger partial charge in [-0.3, -0.25) is 4.98 Å². The van der Waals surface area contributed by atoms with E-state index in [1.165, 1.54) is 5.56 Å². The van der Waals surface area contributed by atoms with Crippen LogP contribution >= 0.6 is 0 Å². The third kappa shape index (κ3) is 3.45. The van der Waals surface area contributed by atoms with Crippen molar-refractivity contribution in [3.05, 3.63) is 78.2 Å². The minimum Gasteiger partial charge on any atom is -0.399 e. The molecule has 3 aromatic rings. The van der Waals surface area contributed by atoms with Crippen LogP contribution < -0.4 is 5.73 Å². The number of anilines is 1. The van der Waals surface area contributed by atoms with E-state index >= 15 is 0 Å². The zero-order valence-corrected chi connectivity index (χ0v) is 11.7. The molecule has 3 heteroatoms. The molecule has 0 unspecified atom stereocenters. The molecule has 1 aromatic heterocycles. The summed E-state index contributed by atoms with van der Waals surface area (Å²) in [4.78, 5) is 8.98. The summed E-state index contributed by atoms with van der Waals surface area (Å²) in [5, 5.41) is 0. The van der Waals surface area contributed by atoms with Gasteiger partial charge < -0.3 is 5.73 Å². The molecule has 0 aliphatic heterocycles. The minimum atomic E-state index is 0.740. The molecule has 0 bridgehead atoms. The standard InChI is InChI=1S/C18H17N3/c19-16-8-4-7-15(11-16)18-13-20-12-17(21-18)10-9-14-5-2-1-3-6-14/h1-8,11-13H,9-10,19H2. The summed E-state index contributed by atoms with van der Waals surface area (Å²) < 4.78 is 0. The van der Waals surface area contributed by atoms with Crippen LogP contribution in [0, 0.1) is 0 Å². The highest BCUT2D eigenvalue weighted by atomic mass is 14.8. The Bertz CT molecular complexity index is 723. The van der Waals surface area contributed by atoms with Crippen molar-refractivity contribution in [1.82, 2.24) is 9.97 Å². The van der Waals surface area contributed by atoms with Crippen LogP contribution in [0.4, 0.5) is 5.69 Å². The molecule has 0 radical (unpaired) electrons. The van der Waals surface area contributed by atoms with Crippen LogP contribution in [0.2, 0.25) is 0 Å². The van der Waals surface area contributed by atoms with Crippen LogP contribution in [0.3, 0.4) is 0 Å². The number of hydrogen-bond donors (Lipinski definition) is 1. The molecule has 0 amide bonds. The highest BCUT2D eigenvalue weighted by Gasteiger charge is 2.03. The number of nitrogens with two attached hydrogens (primary N) is 1. The third-order valence-electron chi connectivity index (χ3n) is 3.38. The maximum Gasteiger partial charge on any atom is 0.0889 e. The fraction of sp³-hybridized carbons (Fsp3) is 0.111. The third-order valence-corrected chi connectivity index (χ3v) is 3.38. The molecule has 0 fully saturated rings. The molecule has 3 rings (SSSR count). The van der Waals surface area contributed by atoms with Gasteiger partial charge in [0.15, 0.2) is 0 Å². The molecule has 0 aliphatic rings. The number of hydrogen-bond acceptors (Lipinski definition) is 3. The van der Waals surface area contributed by atoms with Gasteiger partial charge in [-0.05, 0) is 30.5 Å². The zero-order valence-electron chi connectivity index (χ0n) is 11.7. The van der Waals surface area contributed by atoms with E-state index < -0.39 is 0 Å². The van der Waals surface area contributed by atoms with E-state index in [9.17, 15) is 0 Å². The van der Waals surface area contributed by atoms with Crippen molar-refractivity contribution in [1.29, 1.82) is 0 Å². The number of nitrogen functional groups attached to an aromatic ring is 1. The second-order valence-corrected chi connectivity index (χ2v) is 5.01. The van der Waals surface area contributed by atoms with E-state index in [4.69, 9.17) is 5.73 Å². The first-order valence-electron chi connectivity index (χ1n) is 7.02. The van der Waals surface area contributed by atoms with Gasteiger partial charge in [0.1, 0.15) is 0 Å². The van der Waals surface area contributed by atoms with Gasteiger partial charge >= 0.3 is 0 Å². The highest BCUT2D eigenvalue weighted by molar-refractivity contribution is 5.63. The average Bonchev–Trinajstić information content (AvgIpc) is 2.54. The van der Waals surface area contributed by atoms with Crippen molar-refractivity contribution < 1.29 is 0 Å². The summed E-state index contributed by atoms with van der Waals surface area (Å²) in [6.07, 6.45) is 5.46. The molecule has 0 atom stereocenters. The summed E-state index contributed by atoms with van der Waals surface area (Å²) >= 11 is 0. The Labute approximate surface area is 124 Å². The van der Waals surface area contributed by atoms with Crippen molar-refractivity contribution in [2.45, 2.75) is 12.8 Å². The summed E-state index contributed by atoms with van der Waals surface area (Å²) in [6.45, 7) is 0. The van der Waals surface area contributed by atoms with Crippen molar-refractivity contribution in [2.24, 2.45) is 0 Å². The van der Waals surface area contributed by atoms with Crippen molar-refractivity contribution in [2.75, 3.05) is 5.73 Å². The fourth-order valence-electron chi connectivity index (χ4n) is 2.28. The number of nitrogens with zero attached hydrogens (tertiary/aromatic N) is 2. The smallest absolute Gasteiger partial charge is 0.0889 e. The SMILES string of the molecule is Nc1cccc(-c2cncc(CCc3ccccc3)n2)c1. The molecule has 0 saturated carbocycles. The van der Waals surface area contributed by atoms with Crippen LogP contribution in [0.1, 0.15) is 11.3 Å². The lowest BCUT2D eigenvalue weighted by Gasteiger charge is -2.05. The molecule has 1 heterocycles. The Hall–Kier alpha value is -2.68. The van der Waals surface area contributed by atoms with Crippen LogP contribution in [0.25, 0.3) is 11.3 Å². The van der Waals surface area contributed by atoms with Crippen LogP contribution in [-0.4, -0.2) is 9.97 Å². The molecule has 21 heavy (non-hydrogen) atoms. The zero-order chi connectivity index (χ0) is 14.5. The van der Waals surface area contributed by atoms with Crippen LogP contribution in [-0.2, 0) is 12.8 Å². The largest absolute Gasteiger partial charge is 0.399 e.